The van der Waals surface area contributed by atoms with Crippen molar-refractivity contribution in [2.45, 2.75) is 24.4 Å². The van der Waals surface area contributed by atoms with Gasteiger partial charge in [0.25, 0.3) is 0 Å². The molecule has 1 amide bonds. The highest BCUT2D eigenvalue weighted by atomic mass is 16.5. The Morgan fingerprint density at radius 2 is 1.89 bits per heavy atom. The molecule has 1 N–H and O–H groups in total. The maximum atomic E-state index is 12.7. The lowest BCUT2D eigenvalue weighted by atomic mass is 9.75. The summed E-state index contributed by atoms with van der Waals surface area (Å²) < 4.78 is 4.91. The minimum atomic E-state index is -0.584. The van der Waals surface area contributed by atoms with E-state index >= 15 is 0 Å². The lowest BCUT2D eigenvalue weighted by molar-refractivity contribution is -0.146. The number of amides is 1. The van der Waals surface area contributed by atoms with Crippen molar-refractivity contribution in [3.05, 3.63) is 71.3 Å². The van der Waals surface area contributed by atoms with E-state index in [0.717, 1.165) is 16.7 Å². The number of likely N-dealkylation sites (tertiary alicyclic amines) is 1. The van der Waals surface area contributed by atoms with Gasteiger partial charge in [0.2, 0.25) is 5.91 Å². The Morgan fingerprint density at radius 1 is 1.18 bits per heavy atom. The summed E-state index contributed by atoms with van der Waals surface area (Å²) >= 11 is 0. The van der Waals surface area contributed by atoms with Gasteiger partial charge in [0.05, 0.1) is 25.1 Å². The van der Waals surface area contributed by atoms with Gasteiger partial charge in [0.1, 0.15) is 12.6 Å². The second-order valence-electron chi connectivity index (χ2n) is 6.67. The van der Waals surface area contributed by atoms with Gasteiger partial charge in [0.15, 0.2) is 0 Å². The number of aliphatic hydroxyl groups is 1. The van der Waals surface area contributed by atoms with Crippen LogP contribution in [-0.2, 0) is 16.0 Å². The van der Waals surface area contributed by atoms with Crippen LogP contribution in [0.25, 0.3) is 0 Å². The predicted molar refractivity (Wildman–Crippen MR) is 105 cm³/mol. The Hall–Kier alpha value is -3.12. The van der Waals surface area contributed by atoms with Crippen molar-refractivity contribution in [3.8, 4) is 17.9 Å². The van der Waals surface area contributed by atoms with E-state index in [1.807, 2.05) is 54.6 Å². The summed E-state index contributed by atoms with van der Waals surface area (Å²) in [7, 11) is 1.59. The first kappa shape index (κ1) is 19.6. The van der Waals surface area contributed by atoms with E-state index in [0.29, 0.717) is 6.61 Å². The van der Waals surface area contributed by atoms with Crippen LogP contribution in [0.3, 0.4) is 0 Å². The van der Waals surface area contributed by atoms with Crippen molar-refractivity contribution < 1.29 is 14.6 Å². The molecule has 2 aromatic rings. The zero-order valence-corrected chi connectivity index (χ0v) is 15.7. The Bertz CT molecular complexity index is 907. The van der Waals surface area contributed by atoms with E-state index in [4.69, 9.17) is 4.74 Å². The fraction of sp³-hybridized carbons (Fsp3) is 0.304. The first-order valence-electron chi connectivity index (χ1n) is 9.13. The van der Waals surface area contributed by atoms with Gasteiger partial charge in [-0.2, -0.15) is 5.26 Å². The molecule has 1 fully saturated rings. The molecule has 2 aromatic carbocycles. The maximum absolute atomic E-state index is 12.7. The number of carbonyl (C=O) groups is 1. The number of hydrogen-bond donors (Lipinski definition) is 1. The Balaban J connectivity index is 1.75. The van der Waals surface area contributed by atoms with Crippen molar-refractivity contribution in [2.24, 2.45) is 0 Å². The molecule has 1 saturated heterocycles. The number of nitriles is 1. The topological polar surface area (TPSA) is 73.6 Å². The fourth-order valence-electron chi connectivity index (χ4n) is 3.61. The molecule has 5 heteroatoms. The molecule has 0 bridgehead atoms. The van der Waals surface area contributed by atoms with Crippen LogP contribution >= 0.6 is 0 Å². The van der Waals surface area contributed by atoms with Crippen molar-refractivity contribution >= 4 is 5.91 Å². The van der Waals surface area contributed by atoms with E-state index in [9.17, 15) is 15.2 Å². The minimum absolute atomic E-state index is 0.143. The van der Waals surface area contributed by atoms with Crippen LogP contribution in [0.5, 0.6) is 0 Å². The molecule has 3 rings (SSSR count). The molecule has 1 heterocycles. The highest BCUT2D eigenvalue weighted by Crippen LogP contribution is 2.40. The zero-order chi connectivity index (χ0) is 19.9. The van der Waals surface area contributed by atoms with E-state index < -0.39 is 12.1 Å². The average Bonchev–Trinajstić information content (AvgIpc) is 2.70. The second-order valence-corrected chi connectivity index (χ2v) is 6.67. The van der Waals surface area contributed by atoms with Crippen LogP contribution in [-0.4, -0.2) is 48.3 Å². The van der Waals surface area contributed by atoms with Gasteiger partial charge in [-0.1, -0.05) is 54.3 Å². The molecule has 28 heavy (non-hydrogen) atoms. The van der Waals surface area contributed by atoms with Crippen molar-refractivity contribution in [3.63, 3.8) is 0 Å². The van der Waals surface area contributed by atoms with Crippen molar-refractivity contribution in [1.29, 1.82) is 5.26 Å². The third-order valence-electron chi connectivity index (χ3n) is 4.96. The van der Waals surface area contributed by atoms with Gasteiger partial charge in [0, 0.05) is 18.6 Å². The first-order valence-corrected chi connectivity index (χ1v) is 9.13. The third-order valence-corrected chi connectivity index (χ3v) is 4.96. The summed E-state index contributed by atoms with van der Waals surface area (Å²) in [6.07, 6.45) is 0.219. The normalized spacial score (nSPS) is 20.5. The number of nitrogens with zero attached hydrogens (tertiary/aromatic N) is 2. The number of benzene rings is 2. The highest BCUT2D eigenvalue weighted by molar-refractivity contribution is 5.81. The van der Waals surface area contributed by atoms with Crippen LogP contribution in [0.15, 0.2) is 54.6 Å². The summed E-state index contributed by atoms with van der Waals surface area (Å²) in [6.45, 7) is 0.185. The summed E-state index contributed by atoms with van der Waals surface area (Å²) in [5.74, 6) is 5.54. The summed E-state index contributed by atoms with van der Waals surface area (Å²) in [5, 5.41) is 19.5. The number of carbonyl (C=O) groups excluding carboxylic acids is 1. The molecule has 0 unspecified atom stereocenters. The van der Waals surface area contributed by atoms with Gasteiger partial charge in [-0.05, 0) is 23.3 Å². The predicted octanol–water partition coefficient (Wildman–Crippen LogP) is 2.11. The molecular weight excluding hydrogens is 352 g/mol. The molecule has 0 saturated carbocycles. The Labute approximate surface area is 165 Å². The quantitative estimate of drug-likeness (QED) is 0.814. The van der Waals surface area contributed by atoms with Crippen LogP contribution in [0.4, 0.5) is 0 Å². The lowest BCUT2D eigenvalue weighted by Gasteiger charge is -2.51. The number of rotatable bonds is 5. The fourth-order valence-corrected chi connectivity index (χ4v) is 3.61. The van der Waals surface area contributed by atoms with Crippen molar-refractivity contribution in [2.75, 3.05) is 20.3 Å². The zero-order valence-electron chi connectivity index (χ0n) is 15.7. The van der Waals surface area contributed by atoms with E-state index in [1.165, 1.54) is 4.90 Å². The van der Waals surface area contributed by atoms with Crippen LogP contribution < -0.4 is 0 Å². The summed E-state index contributed by atoms with van der Waals surface area (Å²) in [4.78, 5) is 14.3. The summed E-state index contributed by atoms with van der Waals surface area (Å²) in [5.41, 5.74) is 2.67. The standard InChI is InChI=1S/C23H22N2O3/c1-28-13-5-8-17-9-11-19(12-10-17)23-20(15-24)25(21(23)16-26)22(27)14-18-6-3-2-4-7-18/h2-4,6-7,9-12,20-21,23,26H,13-14,16H2,1H3/t20-,21-,23+/m1/s1. The van der Waals surface area contributed by atoms with E-state index in [-0.39, 0.29) is 24.9 Å². The van der Waals surface area contributed by atoms with E-state index in [2.05, 4.69) is 17.9 Å². The third kappa shape index (κ3) is 4.07. The first-order chi connectivity index (χ1) is 13.7. The molecular formula is C23H22N2O3. The molecule has 1 aliphatic heterocycles. The highest BCUT2D eigenvalue weighted by Gasteiger charge is 2.51. The van der Waals surface area contributed by atoms with Gasteiger partial charge in [-0.3, -0.25) is 4.79 Å². The monoisotopic (exact) mass is 374 g/mol. The molecule has 0 radical (unpaired) electrons. The van der Waals surface area contributed by atoms with Gasteiger partial charge < -0.3 is 14.7 Å². The van der Waals surface area contributed by atoms with Crippen LogP contribution in [0.2, 0.25) is 0 Å². The SMILES string of the molecule is COCC#Cc1ccc([C@H]2[C@@H](C#N)N(C(=O)Cc3ccccc3)[C@@H]2CO)cc1. The molecule has 3 atom stereocenters. The van der Waals surface area contributed by atoms with E-state index in [1.54, 1.807) is 7.11 Å². The number of aliphatic hydroxyl groups excluding tert-OH is 1. The minimum Gasteiger partial charge on any atom is -0.394 e. The smallest absolute Gasteiger partial charge is 0.228 e. The molecule has 142 valence electrons. The average molecular weight is 374 g/mol. The maximum Gasteiger partial charge on any atom is 0.228 e. The van der Waals surface area contributed by atoms with Gasteiger partial charge >= 0.3 is 0 Å². The molecule has 5 nitrogen and oxygen atoms in total. The molecule has 0 aliphatic carbocycles. The number of hydrogen-bond acceptors (Lipinski definition) is 4. The molecule has 1 aliphatic rings. The lowest BCUT2D eigenvalue weighted by Crippen LogP contribution is -2.65. The Kier molecular flexibility index (Phi) is 6.45. The van der Waals surface area contributed by atoms with Crippen LogP contribution in [0, 0.1) is 23.2 Å². The van der Waals surface area contributed by atoms with Crippen molar-refractivity contribution in [1.82, 2.24) is 4.90 Å². The van der Waals surface area contributed by atoms with Gasteiger partial charge in [-0.25, -0.2) is 0 Å². The number of ether oxygens (including phenoxy) is 1. The molecule has 0 aromatic heterocycles. The Morgan fingerprint density at radius 3 is 2.50 bits per heavy atom. The van der Waals surface area contributed by atoms with Crippen LogP contribution in [0.1, 0.15) is 22.6 Å². The largest absolute Gasteiger partial charge is 0.394 e. The number of methoxy groups -OCH3 is 1. The van der Waals surface area contributed by atoms with Gasteiger partial charge in [-0.15, -0.1) is 0 Å². The summed E-state index contributed by atoms with van der Waals surface area (Å²) in [6, 6.07) is 18.3. The second kappa shape index (κ2) is 9.19. The molecule has 0 spiro atoms.